The monoisotopic (exact) mass is 758 g/mol. The van der Waals surface area contributed by atoms with Gasteiger partial charge in [0.2, 0.25) is 0 Å². The van der Waals surface area contributed by atoms with Gasteiger partial charge in [-0.15, -0.1) is 0 Å². The summed E-state index contributed by atoms with van der Waals surface area (Å²) in [7, 11) is 0. The second-order valence-electron chi connectivity index (χ2n) is 20.8. The van der Waals surface area contributed by atoms with Gasteiger partial charge >= 0.3 is 0 Å². The van der Waals surface area contributed by atoms with Crippen LogP contribution in [0.1, 0.15) is 114 Å². The number of para-hydroxylation sites is 2. The van der Waals surface area contributed by atoms with E-state index in [1.165, 1.54) is 115 Å². The molecule has 0 saturated heterocycles. The minimum Gasteiger partial charge on any atom is -0.456 e. The smallest absolute Gasteiger partial charge is 0.252 e. The lowest BCUT2D eigenvalue weighted by Gasteiger charge is -2.48. The first-order valence-corrected chi connectivity index (χ1v) is 21.6. The molecule has 58 heavy (non-hydrogen) atoms. The van der Waals surface area contributed by atoms with Crippen molar-refractivity contribution < 1.29 is 4.42 Å². The van der Waals surface area contributed by atoms with Gasteiger partial charge in [0, 0.05) is 33.8 Å². The molecule has 0 saturated carbocycles. The summed E-state index contributed by atoms with van der Waals surface area (Å²) in [6.07, 6.45) is 4.74. The third-order valence-corrected chi connectivity index (χ3v) is 15.1. The van der Waals surface area contributed by atoms with Crippen LogP contribution in [0.5, 0.6) is 0 Å². The molecule has 0 N–H and O–H groups in total. The summed E-state index contributed by atoms with van der Waals surface area (Å²) < 4.78 is 6.66. The molecule has 2 aliphatic heterocycles. The van der Waals surface area contributed by atoms with Crippen molar-refractivity contribution in [1.29, 1.82) is 0 Å². The van der Waals surface area contributed by atoms with Gasteiger partial charge in [0.05, 0.1) is 11.1 Å². The van der Waals surface area contributed by atoms with Crippen LogP contribution in [-0.4, -0.2) is 6.71 Å². The average Bonchev–Trinajstić information content (AvgIpc) is 3.57. The fourth-order valence-corrected chi connectivity index (χ4v) is 11.5. The summed E-state index contributed by atoms with van der Waals surface area (Å²) in [6.45, 7) is 24.2. The van der Waals surface area contributed by atoms with Crippen molar-refractivity contribution in [3.05, 3.63) is 137 Å². The lowest BCUT2D eigenvalue weighted by Crippen LogP contribution is -2.62. The summed E-state index contributed by atoms with van der Waals surface area (Å²) in [6, 6.07) is 39.8. The van der Waals surface area contributed by atoms with Gasteiger partial charge in [-0.3, -0.25) is 0 Å². The van der Waals surface area contributed by atoms with Crippen molar-refractivity contribution in [1.82, 2.24) is 0 Å². The van der Waals surface area contributed by atoms with E-state index in [1.54, 1.807) is 0 Å². The Bertz CT molecular complexity index is 2910. The second-order valence-corrected chi connectivity index (χ2v) is 20.8. The van der Waals surface area contributed by atoms with E-state index in [2.05, 4.69) is 182 Å². The van der Waals surface area contributed by atoms with Gasteiger partial charge in [0.15, 0.2) is 0 Å². The van der Waals surface area contributed by atoms with Gasteiger partial charge < -0.3 is 14.2 Å². The zero-order valence-corrected chi connectivity index (χ0v) is 36.0. The highest BCUT2D eigenvalue weighted by molar-refractivity contribution is 7.00. The predicted molar refractivity (Wildman–Crippen MR) is 248 cm³/mol. The van der Waals surface area contributed by atoms with Crippen LogP contribution < -0.4 is 26.2 Å². The van der Waals surface area contributed by atoms with Crippen molar-refractivity contribution in [2.24, 2.45) is 0 Å². The lowest BCUT2D eigenvalue weighted by molar-refractivity contribution is 0.332. The summed E-state index contributed by atoms with van der Waals surface area (Å²) in [4.78, 5) is 5.25. The number of hydrogen-bond acceptors (Lipinski definition) is 3. The Kier molecular flexibility index (Phi) is 7.25. The molecule has 290 valence electrons. The Morgan fingerprint density at radius 2 is 1.10 bits per heavy atom. The van der Waals surface area contributed by atoms with Gasteiger partial charge in [-0.2, -0.15) is 0 Å². The number of hydrogen-bond donors (Lipinski definition) is 0. The molecule has 4 heteroatoms. The first-order valence-electron chi connectivity index (χ1n) is 21.6. The number of rotatable bonds is 2. The summed E-state index contributed by atoms with van der Waals surface area (Å²) in [5.74, 6) is 0. The molecule has 0 fully saturated rings. The molecule has 11 rings (SSSR count). The molecule has 0 radical (unpaired) electrons. The maximum absolute atomic E-state index is 6.66. The highest BCUT2D eigenvalue weighted by Crippen LogP contribution is 2.53. The molecule has 4 aliphatic rings. The van der Waals surface area contributed by atoms with Gasteiger partial charge in [-0.05, 0) is 159 Å². The minimum absolute atomic E-state index is 0.0318. The van der Waals surface area contributed by atoms with Crippen LogP contribution in [0.15, 0.2) is 108 Å². The predicted octanol–water partition coefficient (Wildman–Crippen LogP) is 13.0. The Hall–Kier alpha value is -5.22. The zero-order chi connectivity index (χ0) is 40.3. The van der Waals surface area contributed by atoms with Crippen LogP contribution >= 0.6 is 0 Å². The molecule has 0 unspecified atom stereocenters. The fraction of sp³-hybridized carbons (Fsp3) is 0.333. The van der Waals surface area contributed by atoms with Crippen molar-refractivity contribution in [3.63, 3.8) is 0 Å². The highest BCUT2D eigenvalue weighted by atomic mass is 16.3. The first kappa shape index (κ1) is 35.9. The topological polar surface area (TPSA) is 19.6 Å². The fourth-order valence-electron chi connectivity index (χ4n) is 11.5. The molecular formula is C54H55BN2O. The molecule has 0 spiro atoms. The Labute approximate surface area is 345 Å². The molecule has 3 heterocycles. The normalized spacial score (nSPS) is 19.0. The standard InChI is InChI=1S/C54H55BN2O/c1-32-27-44-49-45(28-32)57(42-17-13-11-15-33(42)2)50-40(21-22-47-48(50)35-16-12-14-18-46(35)58-47)55(49)41-30-38-39(54(9,10)26-25-53(38,7)8)31-43(41)56(44)34-19-20-36-37(29-34)52(5,6)24-23-51(36,3)4/h11-22,27-31H,23-26H2,1-10H3. The molecule has 0 bridgehead atoms. The summed E-state index contributed by atoms with van der Waals surface area (Å²) in [5, 5.41) is 2.35. The van der Waals surface area contributed by atoms with Crippen molar-refractivity contribution in [2.45, 2.75) is 117 Å². The first-order chi connectivity index (χ1) is 27.6. The van der Waals surface area contributed by atoms with Crippen molar-refractivity contribution in [2.75, 3.05) is 9.80 Å². The maximum Gasteiger partial charge on any atom is 0.252 e. The number of fused-ring (bicyclic) bond motifs is 10. The minimum atomic E-state index is 0.0318. The molecule has 0 atom stereocenters. The quantitative estimate of drug-likeness (QED) is 0.164. The van der Waals surface area contributed by atoms with Crippen LogP contribution in [0.25, 0.3) is 21.9 Å². The third-order valence-electron chi connectivity index (χ3n) is 15.1. The van der Waals surface area contributed by atoms with Crippen LogP contribution in [0.2, 0.25) is 0 Å². The van der Waals surface area contributed by atoms with Crippen LogP contribution in [0.3, 0.4) is 0 Å². The molecule has 7 aromatic rings. The Morgan fingerprint density at radius 3 is 1.81 bits per heavy atom. The lowest BCUT2D eigenvalue weighted by atomic mass is 9.33. The Morgan fingerprint density at radius 1 is 0.500 bits per heavy atom. The molecule has 1 aromatic heterocycles. The SMILES string of the molecule is Cc1cc2c3c(c1)N(c1ccccc1C)c1c(ccc4oc5ccccc5c14)B3c1cc3c(cc1N2c1ccc2c(c1)C(C)(C)CCC2(C)C)C(C)(C)CCC3(C)C. The van der Waals surface area contributed by atoms with E-state index in [0.29, 0.717) is 0 Å². The number of benzene rings is 6. The van der Waals surface area contributed by atoms with E-state index in [0.717, 1.165) is 16.6 Å². The highest BCUT2D eigenvalue weighted by Gasteiger charge is 2.48. The summed E-state index contributed by atoms with van der Waals surface area (Å²) in [5.41, 5.74) is 22.4. The van der Waals surface area contributed by atoms with Gasteiger partial charge in [0.1, 0.15) is 11.2 Å². The van der Waals surface area contributed by atoms with Crippen LogP contribution in [0, 0.1) is 13.8 Å². The summed E-state index contributed by atoms with van der Waals surface area (Å²) >= 11 is 0. The molecule has 6 aromatic carbocycles. The third kappa shape index (κ3) is 4.87. The number of furan rings is 1. The number of anilines is 6. The average molecular weight is 759 g/mol. The van der Waals surface area contributed by atoms with Crippen molar-refractivity contribution in [3.8, 4) is 0 Å². The van der Waals surface area contributed by atoms with Crippen LogP contribution in [-0.2, 0) is 21.7 Å². The van der Waals surface area contributed by atoms with E-state index in [1.807, 2.05) is 0 Å². The van der Waals surface area contributed by atoms with E-state index in [4.69, 9.17) is 4.42 Å². The number of aryl methyl sites for hydroxylation is 2. The van der Waals surface area contributed by atoms with Gasteiger partial charge in [0.25, 0.3) is 6.71 Å². The molecule has 3 nitrogen and oxygen atoms in total. The van der Waals surface area contributed by atoms with Gasteiger partial charge in [-0.1, -0.05) is 110 Å². The van der Waals surface area contributed by atoms with E-state index in [-0.39, 0.29) is 28.4 Å². The van der Waals surface area contributed by atoms with E-state index in [9.17, 15) is 0 Å². The molecule has 0 amide bonds. The van der Waals surface area contributed by atoms with E-state index < -0.39 is 0 Å². The molecule has 2 aliphatic carbocycles. The van der Waals surface area contributed by atoms with E-state index >= 15 is 0 Å². The van der Waals surface area contributed by atoms with Crippen molar-refractivity contribution >= 4 is 79.2 Å². The second kappa shape index (κ2) is 11.7. The van der Waals surface area contributed by atoms with Gasteiger partial charge in [-0.25, -0.2) is 0 Å². The Balaban J connectivity index is 1.29. The molecular weight excluding hydrogens is 703 g/mol. The maximum atomic E-state index is 6.66. The van der Waals surface area contributed by atoms with Crippen LogP contribution in [0.4, 0.5) is 34.1 Å². The number of nitrogens with zero attached hydrogens (tertiary/aromatic N) is 2. The largest absolute Gasteiger partial charge is 0.456 e. The zero-order valence-electron chi connectivity index (χ0n) is 36.0.